The lowest BCUT2D eigenvalue weighted by Crippen LogP contribution is -2.51. The standard InChI is InChI=1S/C24H22N4O3/c29-22-16-27(24(30)20-4-1-2-5-21(20)28-12-3-10-26-28)13-9-23(22)31-19-7-6-17-8-11-25-15-18(17)14-19/h1-8,10-12,14-15,22-23,29H,9,13,16H2/t22-,23-/m1/s1. The van der Waals surface area contributed by atoms with Gasteiger partial charge >= 0.3 is 0 Å². The Bertz CT molecular complexity index is 1210. The molecule has 1 saturated heterocycles. The van der Waals surface area contributed by atoms with E-state index in [1.165, 1.54) is 0 Å². The van der Waals surface area contributed by atoms with Gasteiger partial charge in [-0.1, -0.05) is 18.2 Å². The SMILES string of the molecule is O=C(c1ccccc1-n1cccn1)N1CC[C@@H](Oc2ccc3ccncc3c2)[C@H](O)C1. The lowest BCUT2D eigenvalue weighted by atomic mass is 10.0. The molecule has 2 atom stereocenters. The molecule has 0 spiro atoms. The van der Waals surface area contributed by atoms with E-state index in [-0.39, 0.29) is 18.6 Å². The minimum Gasteiger partial charge on any atom is -0.488 e. The van der Waals surface area contributed by atoms with Gasteiger partial charge in [0.05, 0.1) is 17.8 Å². The van der Waals surface area contributed by atoms with E-state index >= 15 is 0 Å². The number of β-amino-alcohol motifs (C(OH)–C–C–N with tert-alkyl or cyclic N) is 1. The van der Waals surface area contributed by atoms with Gasteiger partial charge in [0.15, 0.2) is 0 Å². The Morgan fingerprint density at radius 2 is 1.97 bits per heavy atom. The van der Waals surface area contributed by atoms with Crippen LogP contribution in [0.25, 0.3) is 16.5 Å². The normalized spacial score (nSPS) is 18.8. The molecule has 156 valence electrons. The van der Waals surface area contributed by atoms with Crippen LogP contribution >= 0.6 is 0 Å². The Hall–Kier alpha value is -3.71. The van der Waals surface area contributed by atoms with Crippen molar-refractivity contribution in [2.24, 2.45) is 0 Å². The summed E-state index contributed by atoms with van der Waals surface area (Å²) in [5, 5.41) is 17.0. The van der Waals surface area contributed by atoms with Crippen LogP contribution in [0.4, 0.5) is 0 Å². The van der Waals surface area contributed by atoms with Crippen molar-refractivity contribution in [2.45, 2.75) is 18.6 Å². The molecule has 7 nitrogen and oxygen atoms in total. The van der Waals surface area contributed by atoms with Crippen molar-refractivity contribution >= 4 is 16.7 Å². The molecule has 1 aliphatic rings. The summed E-state index contributed by atoms with van der Waals surface area (Å²) in [6, 6.07) is 16.9. The number of ether oxygens (including phenoxy) is 1. The number of amides is 1. The van der Waals surface area contributed by atoms with Crippen molar-refractivity contribution in [2.75, 3.05) is 13.1 Å². The van der Waals surface area contributed by atoms with E-state index in [1.54, 1.807) is 40.4 Å². The summed E-state index contributed by atoms with van der Waals surface area (Å²) < 4.78 is 7.74. The van der Waals surface area contributed by atoms with E-state index in [9.17, 15) is 9.90 Å². The first-order valence-electron chi connectivity index (χ1n) is 10.3. The molecule has 1 amide bonds. The zero-order valence-corrected chi connectivity index (χ0v) is 16.8. The second-order valence-electron chi connectivity index (χ2n) is 7.62. The average Bonchev–Trinajstić information content (AvgIpc) is 3.35. The molecule has 0 aliphatic carbocycles. The number of aromatic nitrogens is 3. The second-order valence-corrected chi connectivity index (χ2v) is 7.62. The first-order valence-corrected chi connectivity index (χ1v) is 10.3. The molecule has 7 heteroatoms. The molecule has 31 heavy (non-hydrogen) atoms. The molecule has 2 aromatic heterocycles. The van der Waals surface area contributed by atoms with Crippen LogP contribution in [0, 0.1) is 0 Å². The number of fused-ring (bicyclic) bond motifs is 1. The summed E-state index contributed by atoms with van der Waals surface area (Å²) in [5.74, 6) is 0.564. The Labute approximate surface area is 179 Å². The Balaban J connectivity index is 1.29. The van der Waals surface area contributed by atoms with Crippen LogP contribution in [0.15, 0.2) is 79.4 Å². The maximum atomic E-state index is 13.2. The summed E-state index contributed by atoms with van der Waals surface area (Å²) in [5.41, 5.74) is 1.27. The van der Waals surface area contributed by atoms with Crippen molar-refractivity contribution in [3.63, 3.8) is 0 Å². The molecule has 1 aliphatic heterocycles. The number of carbonyl (C=O) groups excluding carboxylic acids is 1. The Morgan fingerprint density at radius 3 is 2.81 bits per heavy atom. The number of nitrogens with zero attached hydrogens (tertiary/aromatic N) is 4. The highest BCUT2D eigenvalue weighted by Gasteiger charge is 2.32. The monoisotopic (exact) mass is 414 g/mol. The molecule has 4 aromatic rings. The van der Waals surface area contributed by atoms with E-state index in [1.807, 2.05) is 48.5 Å². The lowest BCUT2D eigenvalue weighted by molar-refractivity contribution is -0.0198. The van der Waals surface area contributed by atoms with Gasteiger partial charge in [-0.15, -0.1) is 0 Å². The van der Waals surface area contributed by atoms with Crippen molar-refractivity contribution in [1.29, 1.82) is 0 Å². The number of hydrogen-bond donors (Lipinski definition) is 1. The second kappa shape index (κ2) is 8.20. The van der Waals surface area contributed by atoms with Gasteiger partial charge in [0, 0.05) is 43.1 Å². The molecule has 0 bridgehead atoms. The highest BCUT2D eigenvalue weighted by Crippen LogP contribution is 2.25. The number of likely N-dealkylation sites (tertiary alicyclic amines) is 1. The number of piperidine rings is 1. The smallest absolute Gasteiger partial charge is 0.256 e. The van der Waals surface area contributed by atoms with Gasteiger partial charge in [-0.2, -0.15) is 5.10 Å². The van der Waals surface area contributed by atoms with Crippen molar-refractivity contribution < 1.29 is 14.6 Å². The van der Waals surface area contributed by atoms with Gasteiger partial charge in [-0.25, -0.2) is 4.68 Å². The fraction of sp³-hybridized carbons (Fsp3) is 0.208. The maximum Gasteiger partial charge on any atom is 0.256 e. The van der Waals surface area contributed by atoms with Gasteiger partial charge < -0.3 is 14.7 Å². The molecule has 0 unspecified atom stereocenters. The van der Waals surface area contributed by atoms with Gasteiger partial charge in [0.2, 0.25) is 0 Å². The Morgan fingerprint density at radius 1 is 1.06 bits per heavy atom. The van der Waals surface area contributed by atoms with E-state index in [0.29, 0.717) is 24.3 Å². The number of hydrogen-bond acceptors (Lipinski definition) is 5. The third-order valence-corrected chi connectivity index (χ3v) is 5.59. The molecule has 2 aromatic carbocycles. The quantitative estimate of drug-likeness (QED) is 0.555. The van der Waals surface area contributed by atoms with Crippen LogP contribution in [0.1, 0.15) is 16.8 Å². The molecular weight excluding hydrogens is 392 g/mol. The maximum absolute atomic E-state index is 13.2. The molecule has 1 N–H and O–H groups in total. The predicted molar refractivity (Wildman–Crippen MR) is 116 cm³/mol. The lowest BCUT2D eigenvalue weighted by Gasteiger charge is -2.36. The van der Waals surface area contributed by atoms with Crippen molar-refractivity contribution in [1.82, 2.24) is 19.7 Å². The first-order chi connectivity index (χ1) is 15.2. The highest BCUT2D eigenvalue weighted by atomic mass is 16.5. The minimum absolute atomic E-state index is 0.125. The minimum atomic E-state index is -0.779. The molecule has 0 saturated carbocycles. The Kier molecular flexibility index (Phi) is 5.09. The van der Waals surface area contributed by atoms with Gasteiger partial charge in [-0.3, -0.25) is 9.78 Å². The van der Waals surface area contributed by atoms with E-state index in [0.717, 1.165) is 16.5 Å². The van der Waals surface area contributed by atoms with Crippen LogP contribution in [0.2, 0.25) is 0 Å². The van der Waals surface area contributed by atoms with Gasteiger partial charge in [-0.05, 0) is 41.8 Å². The molecule has 5 rings (SSSR count). The summed E-state index contributed by atoms with van der Waals surface area (Å²) in [6.07, 6.45) is 6.41. The van der Waals surface area contributed by atoms with Crippen LogP contribution in [0.5, 0.6) is 5.75 Å². The first kappa shape index (κ1) is 19.3. The number of rotatable bonds is 4. The fourth-order valence-corrected chi connectivity index (χ4v) is 3.98. The van der Waals surface area contributed by atoms with E-state index in [4.69, 9.17) is 4.74 Å². The van der Waals surface area contributed by atoms with Crippen molar-refractivity contribution in [3.8, 4) is 11.4 Å². The number of carbonyl (C=O) groups is 1. The number of para-hydroxylation sites is 1. The summed E-state index contributed by atoms with van der Waals surface area (Å²) in [4.78, 5) is 19.0. The number of pyridine rings is 1. The van der Waals surface area contributed by atoms with Crippen LogP contribution in [-0.4, -0.2) is 56.0 Å². The van der Waals surface area contributed by atoms with Gasteiger partial charge in [0.25, 0.3) is 5.91 Å². The zero-order chi connectivity index (χ0) is 21.2. The topological polar surface area (TPSA) is 80.5 Å². The molecule has 1 fully saturated rings. The third-order valence-electron chi connectivity index (χ3n) is 5.59. The van der Waals surface area contributed by atoms with E-state index in [2.05, 4.69) is 10.1 Å². The molecule has 0 radical (unpaired) electrons. The average molecular weight is 414 g/mol. The number of aliphatic hydroxyl groups is 1. The fourth-order valence-electron chi connectivity index (χ4n) is 3.98. The van der Waals surface area contributed by atoms with Gasteiger partial charge in [0.1, 0.15) is 18.0 Å². The zero-order valence-electron chi connectivity index (χ0n) is 16.8. The molecule has 3 heterocycles. The predicted octanol–water partition coefficient (Wildman–Crippen LogP) is 3.07. The summed E-state index contributed by atoms with van der Waals surface area (Å²) in [7, 11) is 0. The van der Waals surface area contributed by atoms with Crippen LogP contribution in [-0.2, 0) is 0 Å². The summed E-state index contributed by atoms with van der Waals surface area (Å²) in [6.45, 7) is 0.717. The van der Waals surface area contributed by atoms with Crippen LogP contribution < -0.4 is 4.74 Å². The van der Waals surface area contributed by atoms with Crippen LogP contribution in [0.3, 0.4) is 0 Å². The number of aliphatic hydroxyl groups excluding tert-OH is 1. The van der Waals surface area contributed by atoms with Crippen molar-refractivity contribution in [3.05, 3.63) is 84.9 Å². The summed E-state index contributed by atoms with van der Waals surface area (Å²) >= 11 is 0. The molecular formula is C24H22N4O3. The third kappa shape index (κ3) is 3.87. The largest absolute Gasteiger partial charge is 0.488 e. The number of benzene rings is 2. The van der Waals surface area contributed by atoms with E-state index < -0.39 is 6.10 Å². The highest BCUT2D eigenvalue weighted by molar-refractivity contribution is 5.97.